The predicted octanol–water partition coefficient (Wildman–Crippen LogP) is 6.15. The van der Waals surface area contributed by atoms with E-state index in [1.807, 2.05) is 7.05 Å². The molecular weight excluding hydrogens is 790 g/mol. The van der Waals surface area contributed by atoms with E-state index < -0.39 is 11.7 Å². The largest absolute Gasteiger partial charge is 0.182 e. The van der Waals surface area contributed by atoms with Crippen LogP contribution in [-0.2, 0) is 39.0 Å². The second-order valence-corrected chi connectivity index (χ2v) is 12.6. The molecule has 3 aliphatic rings. The fourth-order valence-corrected chi connectivity index (χ4v) is 5.88. The Morgan fingerprint density at radius 1 is 1.17 bits per heavy atom. The van der Waals surface area contributed by atoms with E-state index in [1.54, 1.807) is 4.68 Å². The third-order valence-electron chi connectivity index (χ3n) is 5.84. The van der Waals surface area contributed by atoms with E-state index in [2.05, 4.69) is 76.5 Å². The average molecular weight is 813 g/mol. The molecule has 1 heterocycles. The first kappa shape index (κ1) is 23.9. The molecule has 3 saturated carbocycles. The fourth-order valence-electron chi connectivity index (χ4n) is 4.00. The van der Waals surface area contributed by atoms with Gasteiger partial charge in [-0.3, -0.25) is 0 Å². The third kappa shape index (κ3) is 6.16. The smallest absolute Gasteiger partial charge is 0.0408 e. The summed E-state index contributed by atoms with van der Waals surface area (Å²) in [4.78, 5) is 4.25. The number of halogens is 5. The molecule has 4 nitrogen and oxygen atoms in total. The van der Waals surface area contributed by atoms with Crippen LogP contribution in [0.15, 0.2) is 24.3 Å². The van der Waals surface area contributed by atoms with Crippen molar-refractivity contribution in [2.24, 2.45) is 13.0 Å². The number of hydrogen-bond donors (Lipinski definition) is 1. The summed E-state index contributed by atoms with van der Waals surface area (Å²) in [5.74, 6) is 1.81. The van der Waals surface area contributed by atoms with Gasteiger partial charge in [-0.25, -0.2) is 0 Å². The Balaban J connectivity index is 0.000000186. The molecule has 10 heteroatoms. The molecule has 3 fully saturated rings. The van der Waals surface area contributed by atoms with Crippen molar-refractivity contribution in [2.75, 3.05) is 0 Å². The maximum Gasteiger partial charge on any atom is 0.0408 e. The molecule has 0 unspecified atom stereocenters. The molecule has 5 rings (SSSR count). The Hall–Kier alpha value is 0.258. The molecule has 164 valence electrons. The Morgan fingerprint density at radius 2 is 1.72 bits per heavy atom. The first-order valence-electron chi connectivity index (χ1n) is 9.44. The van der Waals surface area contributed by atoms with Gasteiger partial charge in [0, 0.05) is 51.3 Å². The molecule has 1 N–H and O–H groups in total. The van der Waals surface area contributed by atoms with Gasteiger partial charge in [0.05, 0.1) is 0 Å². The van der Waals surface area contributed by atoms with Crippen molar-refractivity contribution in [1.29, 1.82) is 0 Å². The van der Waals surface area contributed by atoms with Crippen molar-refractivity contribution >= 4 is 45.7 Å². The molecule has 1 aromatic carbocycles. The summed E-state index contributed by atoms with van der Waals surface area (Å²) in [7, 11) is 1.82. The predicted molar refractivity (Wildman–Crippen MR) is 119 cm³/mol. The van der Waals surface area contributed by atoms with E-state index in [4.69, 9.17) is 0 Å². The van der Waals surface area contributed by atoms with Crippen LogP contribution in [0.1, 0.15) is 55.5 Å². The number of rotatable bonds is 3. The molecular formula is C19H23F3I2N4Pt. The molecule has 0 aliphatic heterocycles. The van der Waals surface area contributed by atoms with Gasteiger partial charge in [-0.15, -0.1) is 0 Å². The molecule has 3 aliphatic carbocycles. The number of nitrogens with zero attached hydrogens (tertiary/aromatic N) is 3. The topological polar surface area (TPSA) is 36.9 Å². The Morgan fingerprint density at radius 3 is 2.10 bits per heavy atom. The number of aromatic nitrogens is 3. The monoisotopic (exact) mass is 813 g/mol. The number of aromatic amines is 1. The van der Waals surface area contributed by atoms with E-state index in [-0.39, 0.29) is 0 Å². The van der Waals surface area contributed by atoms with Crippen molar-refractivity contribution in [2.45, 2.75) is 56.7 Å². The molecule has 0 spiro atoms. The number of H-pyrrole nitrogens is 1. The Labute approximate surface area is 207 Å². The number of fused-ring (bicyclic) bond motifs is 3. The molecule has 0 radical (unpaired) electrons. The van der Waals surface area contributed by atoms with Crippen molar-refractivity contribution < 1.29 is 32.5 Å². The van der Waals surface area contributed by atoms with Crippen LogP contribution < -0.4 is 0 Å². The summed E-state index contributed by atoms with van der Waals surface area (Å²) in [6.45, 7) is 0. The van der Waals surface area contributed by atoms with Crippen LogP contribution in [0.4, 0.5) is 13.2 Å². The van der Waals surface area contributed by atoms with Crippen LogP contribution in [0, 0.1) is 9.72 Å². The number of hydrogen-bond acceptors (Lipinski definition) is 2. The maximum atomic E-state index is 12.4. The van der Waals surface area contributed by atoms with Gasteiger partial charge >= 0.3 is 112 Å². The second kappa shape index (κ2) is 9.81. The van der Waals surface area contributed by atoms with Gasteiger partial charge in [-0.05, 0) is 44.4 Å². The molecule has 0 saturated heterocycles. The van der Waals surface area contributed by atoms with Crippen molar-refractivity contribution in [3.63, 3.8) is 0 Å². The minimum absolute atomic E-state index is 0.481. The van der Waals surface area contributed by atoms with E-state index in [0.29, 0.717) is 12.0 Å². The van der Waals surface area contributed by atoms with Crippen LogP contribution >= 0.6 is 45.7 Å². The van der Waals surface area contributed by atoms with Gasteiger partial charge in [0.25, 0.3) is 0 Å². The molecule has 0 amide bonds. The van der Waals surface area contributed by atoms with Crippen LogP contribution in [0.2, 0.25) is 0 Å². The summed E-state index contributed by atoms with van der Waals surface area (Å²) < 4.78 is 42.1. The number of alkyl halides is 3. The zero-order valence-corrected chi connectivity index (χ0v) is 22.5. The van der Waals surface area contributed by atoms with Gasteiger partial charge in [0.1, 0.15) is 0 Å². The Bertz CT molecular complexity index is 855. The normalized spacial score (nSPS) is 23.8. The first-order valence-corrected chi connectivity index (χ1v) is 12.5. The van der Waals surface area contributed by atoms with Crippen LogP contribution in [0.5, 0.6) is 0 Å². The van der Waals surface area contributed by atoms with Crippen LogP contribution in [-0.4, -0.2) is 21.6 Å². The summed E-state index contributed by atoms with van der Waals surface area (Å²) >= 11 is 6.98. The Kier molecular flexibility index (Phi) is 8.09. The summed E-state index contributed by atoms with van der Waals surface area (Å²) in [5, 5.41) is 3.01. The van der Waals surface area contributed by atoms with Crippen LogP contribution in [0.25, 0.3) is 0 Å². The first-order chi connectivity index (χ1) is 13.6. The molecule has 29 heavy (non-hydrogen) atoms. The fraction of sp³-hybridized carbons (Fsp3) is 0.579. The van der Waals surface area contributed by atoms with Gasteiger partial charge in [-0.2, -0.15) is 1.33 Å². The third-order valence-corrected chi connectivity index (χ3v) is 8.90. The quantitative estimate of drug-likeness (QED) is 0.299. The number of benzene rings is 1. The number of aryl methyl sites for hydroxylation is 1. The van der Waals surface area contributed by atoms with Crippen molar-refractivity contribution in [1.82, 2.24) is 16.1 Å². The molecule has 0 atom stereocenters. The summed E-state index contributed by atoms with van der Waals surface area (Å²) in [5.41, 5.74) is 0.746. The van der Waals surface area contributed by atoms with Crippen LogP contribution in [0.3, 0.4) is 0 Å². The summed E-state index contributed by atoms with van der Waals surface area (Å²) in [6.07, 6.45) is 5.00. The average Bonchev–Trinajstić information content (AvgIpc) is 3.00. The summed E-state index contributed by atoms with van der Waals surface area (Å²) in [6, 6.07) is 5.11. The van der Waals surface area contributed by atoms with E-state index >= 15 is 0 Å². The molecule has 2 aromatic rings. The van der Waals surface area contributed by atoms with E-state index in [9.17, 15) is 13.2 Å². The zero-order valence-electron chi connectivity index (χ0n) is 15.9. The number of nitrogens with one attached hydrogen (secondary N) is 1. The maximum absolute atomic E-state index is 12.4. The standard InChI is InChI=1S/C11H10F3N3.C8H13I2N.Pt/c1-17-7-15-10(16-17)6-8-2-4-9(5-3-8)11(12,13)14;9-11(10)8-4-1-7(2-5-8)3-6-8;/h2-5H,6H2,1H3,(H,15,16);7H,1-6H2;. The van der Waals surface area contributed by atoms with Gasteiger partial charge in [0.2, 0.25) is 0 Å². The minimum atomic E-state index is -4.29. The molecule has 1 aromatic heterocycles. The minimum Gasteiger partial charge on any atom is -0.182 e. The molecule has 2 bridgehead atoms. The van der Waals surface area contributed by atoms with Gasteiger partial charge < -0.3 is 0 Å². The van der Waals surface area contributed by atoms with E-state index in [0.717, 1.165) is 33.2 Å². The van der Waals surface area contributed by atoms with E-state index in [1.165, 1.54) is 50.7 Å². The van der Waals surface area contributed by atoms with Crippen molar-refractivity contribution in [3.8, 4) is 0 Å². The zero-order chi connectivity index (χ0) is 21.2. The SMILES string of the molecule is Cn1[nH]c(Cc2ccc(C(F)(F)F)cc2)n[c]1=[Pt].IN(I)C12CCC(CC1)CC2. The van der Waals surface area contributed by atoms with Gasteiger partial charge in [0.15, 0.2) is 0 Å². The van der Waals surface area contributed by atoms with Gasteiger partial charge in [-0.1, -0.05) is 0 Å². The second-order valence-electron chi connectivity index (χ2n) is 7.78. The van der Waals surface area contributed by atoms with Crippen molar-refractivity contribution in [3.05, 3.63) is 45.0 Å².